The zero-order valence-corrected chi connectivity index (χ0v) is 51.8. The predicted octanol–water partition coefficient (Wildman–Crippen LogP) is 19.2. The number of hydrogen-bond acceptors (Lipinski definition) is 8. The van der Waals surface area contributed by atoms with Gasteiger partial charge < -0.3 is 27.9 Å². The molecule has 0 saturated carbocycles. The molecule has 0 bridgehead atoms. The van der Waals surface area contributed by atoms with Gasteiger partial charge in [-0.1, -0.05) is 235 Å². The molecule has 0 spiro atoms. The van der Waals surface area contributed by atoms with Crippen LogP contribution in [0.1, 0.15) is 206 Å². The lowest BCUT2D eigenvalue weighted by Crippen LogP contribution is -2.37. The molecule has 0 aliphatic rings. The minimum Gasteiger partial charge on any atom is -0.756 e. The Bertz CT molecular complexity index is 1950. The zero-order valence-electron chi connectivity index (χ0n) is 50.9. The maximum atomic E-state index is 12.8. The first kappa shape index (κ1) is 75.4. The highest BCUT2D eigenvalue weighted by atomic mass is 31.2. The third-order valence-electron chi connectivity index (χ3n) is 12.2. The van der Waals surface area contributed by atoms with Crippen LogP contribution in [0, 0.1) is 0 Å². The molecular formula is C70H112NO8P. The minimum atomic E-state index is -4.66. The van der Waals surface area contributed by atoms with Crippen molar-refractivity contribution in [3.63, 3.8) is 0 Å². The SMILES string of the molecule is CC/C=C\C/C=C\C/C=C\C/C=C\C/C=C\C/C=C\C/C=C\C/C=C\CCCCCCCCC(=O)OC(COC(=O)CCCCCCCC/C=C\C/C=C\C/C=C\C/C=C\C/C=C\C/C=C\CC)COP(=O)([O-])OCC[N+](C)(C)C. The van der Waals surface area contributed by atoms with Crippen molar-refractivity contribution in [1.29, 1.82) is 0 Å². The number of hydrogen-bond donors (Lipinski definition) is 0. The Morgan fingerprint density at radius 2 is 0.675 bits per heavy atom. The van der Waals surface area contributed by atoms with E-state index in [0.717, 1.165) is 167 Å². The third kappa shape index (κ3) is 62.6. The van der Waals surface area contributed by atoms with Crippen molar-refractivity contribution in [3.8, 4) is 0 Å². The molecule has 0 rings (SSSR count). The summed E-state index contributed by atoms with van der Waals surface area (Å²) in [4.78, 5) is 38.0. The van der Waals surface area contributed by atoms with Crippen molar-refractivity contribution in [2.75, 3.05) is 47.5 Å². The second kappa shape index (κ2) is 59.0. The molecule has 2 unspecified atom stereocenters. The summed E-state index contributed by atoms with van der Waals surface area (Å²) in [6.07, 6.45) is 89.7. The fourth-order valence-corrected chi connectivity index (χ4v) is 8.28. The number of carbonyl (C=O) groups is 2. The molecule has 450 valence electrons. The number of quaternary nitrogens is 1. The van der Waals surface area contributed by atoms with E-state index in [2.05, 4.69) is 184 Å². The normalized spacial score (nSPS) is 14.4. The molecule has 0 saturated heterocycles. The van der Waals surface area contributed by atoms with E-state index in [1.165, 1.54) is 0 Å². The molecule has 0 aliphatic carbocycles. The third-order valence-corrected chi connectivity index (χ3v) is 13.2. The molecular weight excluding hydrogens is 1010 g/mol. The van der Waals surface area contributed by atoms with E-state index in [1.54, 1.807) is 0 Å². The molecule has 0 aromatic rings. The highest BCUT2D eigenvalue weighted by molar-refractivity contribution is 7.45. The van der Waals surface area contributed by atoms with Crippen molar-refractivity contribution in [2.45, 2.75) is 213 Å². The summed E-state index contributed by atoms with van der Waals surface area (Å²) < 4.78 is 34.2. The van der Waals surface area contributed by atoms with Gasteiger partial charge >= 0.3 is 11.9 Å². The van der Waals surface area contributed by atoms with Crippen LogP contribution in [0.3, 0.4) is 0 Å². The van der Waals surface area contributed by atoms with Gasteiger partial charge in [-0.15, -0.1) is 0 Å². The Morgan fingerprint density at radius 1 is 0.388 bits per heavy atom. The molecule has 0 heterocycles. The molecule has 0 N–H and O–H groups in total. The summed E-state index contributed by atoms with van der Waals surface area (Å²) in [5.74, 6) is -0.883. The second-order valence-electron chi connectivity index (χ2n) is 20.9. The average Bonchev–Trinajstić information content (AvgIpc) is 3.42. The number of ether oxygens (including phenoxy) is 2. The lowest BCUT2D eigenvalue weighted by molar-refractivity contribution is -0.870. The number of likely N-dealkylation sites (N-methyl/N-ethyl adjacent to an activating group) is 1. The lowest BCUT2D eigenvalue weighted by atomic mass is 10.1. The number of unbranched alkanes of at least 4 members (excludes halogenated alkanes) is 12. The number of phosphoric ester groups is 1. The van der Waals surface area contributed by atoms with Gasteiger partial charge in [0, 0.05) is 12.8 Å². The fraction of sp³-hybridized carbons (Fsp3) is 0.571. The Balaban J connectivity index is 4.28. The standard InChI is InChI=1S/C70H112NO8P/c1-6-8-10-12-14-16-18-20-22-24-26-28-30-32-33-34-35-36-37-39-41-43-45-47-49-51-53-55-57-59-61-63-70(73)79-68(67-78-80(74,75)77-65-64-71(3,4)5)66-76-69(72)62-60-58-56-54-52-50-48-46-44-42-40-38-31-29-27-25-23-21-19-17-15-13-11-9-7-2/h8-11,14-17,20-23,26-29,32-33,35-36,38-41,44-47,68H,6-7,12-13,18-19,24-25,30-31,34,37,42-43,48-67H2,1-5H3/b10-8-,11-9-,16-14-,17-15-,22-20-,23-21-,28-26-,29-27-,33-32-,36-35-,40-38-,41-39-,46-44-,47-45-. The smallest absolute Gasteiger partial charge is 0.306 e. The van der Waals surface area contributed by atoms with E-state index in [-0.39, 0.29) is 26.1 Å². The van der Waals surface area contributed by atoms with Gasteiger partial charge in [0.15, 0.2) is 6.10 Å². The van der Waals surface area contributed by atoms with Crippen molar-refractivity contribution < 1.29 is 42.1 Å². The molecule has 80 heavy (non-hydrogen) atoms. The molecule has 0 fully saturated rings. The monoisotopic (exact) mass is 1130 g/mol. The van der Waals surface area contributed by atoms with Crippen LogP contribution in [0.15, 0.2) is 170 Å². The van der Waals surface area contributed by atoms with Crippen LogP contribution >= 0.6 is 7.82 Å². The highest BCUT2D eigenvalue weighted by Crippen LogP contribution is 2.38. The zero-order chi connectivity index (χ0) is 58.4. The first-order valence-electron chi connectivity index (χ1n) is 30.8. The van der Waals surface area contributed by atoms with Crippen molar-refractivity contribution >= 4 is 19.8 Å². The lowest BCUT2D eigenvalue weighted by Gasteiger charge is -2.28. The van der Waals surface area contributed by atoms with Gasteiger partial charge in [-0.05, 0) is 128 Å². The van der Waals surface area contributed by atoms with Crippen LogP contribution in [0.5, 0.6) is 0 Å². The molecule has 0 amide bonds. The van der Waals surface area contributed by atoms with Gasteiger partial charge in [-0.2, -0.15) is 0 Å². The maximum Gasteiger partial charge on any atom is 0.306 e. The Labute approximate surface area is 489 Å². The average molecular weight is 1130 g/mol. The summed E-state index contributed by atoms with van der Waals surface area (Å²) >= 11 is 0. The van der Waals surface area contributed by atoms with Crippen LogP contribution in [0.25, 0.3) is 0 Å². The van der Waals surface area contributed by atoms with Gasteiger partial charge in [-0.25, -0.2) is 0 Å². The van der Waals surface area contributed by atoms with Crippen LogP contribution in [0.4, 0.5) is 0 Å². The van der Waals surface area contributed by atoms with E-state index in [0.29, 0.717) is 23.9 Å². The largest absolute Gasteiger partial charge is 0.756 e. The molecule has 9 nitrogen and oxygen atoms in total. The van der Waals surface area contributed by atoms with Crippen LogP contribution in [-0.2, 0) is 32.7 Å². The number of rotatable bonds is 54. The number of allylic oxidation sites excluding steroid dienone is 28. The van der Waals surface area contributed by atoms with E-state index in [9.17, 15) is 19.0 Å². The summed E-state index contributed by atoms with van der Waals surface area (Å²) in [6, 6.07) is 0. The summed E-state index contributed by atoms with van der Waals surface area (Å²) in [6.45, 7) is 3.95. The molecule has 0 aromatic heterocycles. The quantitative estimate of drug-likeness (QED) is 0.0195. The van der Waals surface area contributed by atoms with Gasteiger partial charge in [0.25, 0.3) is 7.82 Å². The molecule has 10 heteroatoms. The van der Waals surface area contributed by atoms with Crippen LogP contribution in [0.2, 0.25) is 0 Å². The Morgan fingerprint density at radius 3 is 1.00 bits per heavy atom. The van der Waals surface area contributed by atoms with Gasteiger partial charge in [-0.3, -0.25) is 14.2 Å². The van der Waals surface area contributed by atoms with Crippen molar-refractivity contribution in [1.82, 2.24) is 0 Å². The van der Waals surface area contributed by atoms with E-state index >= 15 is 0 Å². The number of carbonyl (C=O) groups excluding carboxylic acids is 2. The summed E-state index contributed by atoms with van der Waals surface area (Å²) in [5.41, 5.74) is 0. The van der Waals surface area contributed by atoms with E-state index < -0.39 is 32.5 Å². The first-order chi connectivity index (χ1) is 39.0. The molecule has 0 radical (unpaired) electrons. The Kier molecular flexibility index (Phi) is 55.6. The number of phosphoric acid groups is 1. The maximum absolute atomic E-state index is 12.8. The minimum absolute atomic E-state index is 0.0473. The van der Waals surface area contributed by atoms with E-state index in [4.69, 9.17) is 18.5 Å². The molecule has 0 aromatic carbocycles. The molecule has 2 atom stereocenters. The summed E-state index contributed by atoms with van der Waals surface area (Å²) in [5, 5.41) is 0. The fourth-order valence-electron chi connectivity index (χ4n) is 7.56. The van der Waals surface area contributed by atoms with Crippen LogP contribution in [-0.4, -0.2) is 70.0 Å². The number of nitrogens with zero attached hydrogens (tertiary/aromatic N) is 1. The Hall–Kier alpha value is -4.63. The second-order valence-corrected chi connectivity index (χ2v) is 22.4. The van der Waals surface area contributed by atoms with Crippen molar-refractivity contribution in [2.24, 2.45) is 0 Å². The highest BCUT2D eigenvalue weighted by Gasteiger charge is 2.21. The first-order valence-corrected chi connectivity index (χ1v) is 32.3. The number of esters is 2. The van der Waals surface area contributed by atoms with Crippen LogP contribution < -0.4 is 4.89 Å². The topological polar surface area (TPSA) is 111 Å². The van der Waals surface area contributed by atoms with Gasteiger partial charge in [0.1, 0.15) is 19.8 Å². The van der Waals surface area contributed by atoms with Gasteiger partial charge in [0.05, 0.1) is 27.7 Å². The van der Waals surface area contributed by atoms with E-state index in [1.807, 2.05) is 21.1 Å². The van der Waals surface area contributed by atoms with Crippen molar-refractivity contribution in [3.05, 3.63) is 170 Å². The predicted molar refractivity (Wildman–Crippen MR) is 341 cm³/mol. The van der Waals surface area contributed by atoms with Gasteiger partial charge in [0.2, 0.25) is 0 Å². The summed E-state index contributed by atoms with van der Waals surface area (Å²) in [7, 11) is 1.12. The molecule has 0 aliphatic heterocycles.